The number of rotatable bonds is 14. The number of benzene rings is 1. The van der Waals surface area contributed by atoms with Crippen LogP contribution in [0.2, 0.25) is 0 Å². The number of esters is 1. The number of pyridine rings is 1. The normalized spacial score (nSPS) is 30.9. The van der Waals surface area contributed by atoms with Crippen LogP contribution in [-0.4, -0.2) is 59.7 Å². The van der Waals surface area contributed by atoms with Crippen molar-refractivity contribution in [2.45, 2.75) is 149 Å². The largest absolute Gasteiger partial charge is 0.459 e. The van der Waals surface area contributed by atoms with E-state index < -0.39 is 5.97 Å². The Kier molecular flexibility index (Phi) is 13.5. The fourth-order valence-electron chi connectivity index (χ4n) is 12.9. The summed E-state index contributed by atoms with van der Waals surface area (Å²) >= 11 is 1.51. The molecule has 0 aliphatic heterocycles. The summed E-state index contributed by atoms with van der Waals surface area (Å²) < 4.78 is 13.0. The van der Waals surface area contributed by atoms with Gasteiger partial charge in [0.15, 0.2) is 5.13 Å². The van der Waals surface area contributed by atoms with Gasteiger partial charge in [0, 0.05) is 31.4 Å². The van der Waals surface area contributed by atoms with E-state index in [1.54, 1.807) is 31.0 Å². The maximum absolute atomic E-state index is 13.2. The Balaban J connectivity index is 0.803. The molecule has 3 unspecified atom stereocenters. The van der Waals surface area contributed by atoms with Gasteiger partial charge in [0.05, 0.1) is 16.3 Å². The minimum absolute atomic E-state index is 0.0687. The maximum Gasteiger partial charge on any atom is 0.325 e. The lowest BCUT2D eigenvalue weighted by molar-refractivity contribution is -0.149. The lowest BCUT2D eigenvalue weighted by Crippen LogP contribution is -2.53. The topological polar surface area (TPSA) is 144 Å². The summed E-state index contributed by atoms with van der Waals surface area (Å²) in [7, 11) is 1.56. The second kappa shape index (κ2) is 18.9. The van der Waals surface area contributed by atoms with Crippen LogP contribution in [-0.2, 0) is 9.53 Å². The van der Waals surface area contributed by atoms with Crippen molar-refractivity contribution in [3.63, 3.8) is 0 Å². The molecule has 0 spiro atoms. The number of hydrogen-bond acceptors (Lipinski definition) is 9. The number of fused-ring (bicyclic) bond motifs is 6. The molecule has 10 atom stereocenters. The third-order valence-corrected chi connectivity index (χ3v) is 17.1. The fourth-order valence-corrected chi connectivity index (χ4v) is 13.8. The molecule has 12 heteroatoms. The van der Waals surface area contributed by atoms with Gasteiger partial charge in [-0.1, -0.05) is 83.3 Å². The minimum atomic E-state index is -0.429. The number of allylic oxidation sites excluding steroid dienone is 1. The molecule has 0 bridgehead atoms. The Morgan fingerprint density at radius 2 is 1.76 bits per heavy atom. The number of nitrogens with one attached hydrogen (secondary N) is 4. The number of anilines is 1. The molecule has 1 aromatic carbocycles. The third-order valence-electron chi connectivity index (χ3n) is 16.1. The van der Waals surface area contributed by atoms with Crippen molar-refractivity contribution < 1.29 is 23.9 Å². The first-order valence-electron chi connectivity index (χ1n) is 23.8. The van der Waals surface area contributed by atoms with Crippen LogP contribution in [0.25, 0.3) is 10.2 Å². The van der Waals surface area contributed by atoms with E-state index in [9.17, 15) is 14.4 Å². The van der Waals surface area contributed by atoms with Crippen LogP contribution in [0.5, 0.6) is 11.5 Å². The van der Waals surface area contributed by atoms with E-state index in [0.29, 0.717) is 16.9 Å². The van der Waals surface area contributed by atoms with Crippen molar-refractivity contribution >= 4 is 44.6 Å². The SMILES string of the molecule is CNC(=O)c1cc(Oc2ccc3nc(N[C@H]4CCCC[C@@H]4OC(=O)CNC(=O)N[C@H]4CC[C@@]5(C)C(=CCC6C5CC[C@@]5(C)C6CC[C@@H]5[C@H](C)CCCC(C)C)C4)sc3c2)ccn1. The molecule has 4 fully saturated rings. The zero-order chi connectivity index (χ0) is 43.6. The zero-order valence-electron chi connectivity index (χ0n) is 37.9. The van der Waals surface area contributed by atoms with Gasteiger partial charge in [-0.3, -0.25) is 14.6 Å². The van der Waals surface area contributed by atoms with Gasteiger partial charge >= 0.3 is 12.0 Å². The second-order valence-corrected chi connectivity index (χ2v) is 21.4. The number of ether oxygens (including phenoxy) is 2. The Hall–Kier alpha value is -4.19. The number of thiazole rings is 1. The van der Waals surface area contributed by atoms with E-state index >= 15 is 0 Å². The van der Waals surface area contributed by atoms with Crippen molar-refractivity contribution in [2.24, 2.45) is 46.3 Å². The lowest BCUT2D eigenvalue weighted by Gasteiger charge is -2.58. The van der Waals surface area contributed by atoms with Crippen molar-refractivity contribution in [3.8, 4) is 11.5 Å². The highest BCUT2D eigenvalue weighted by molar-refractivity contribution is 7.22. The van der Waals surface area contributed by atoms with E-state index in [-0.39, 0.29) is 47.8 Å². The molecule has 11 nitrogen and oxygen atoms in total. The molecule has 3 aromatic rings. The van der Waals surface area contributed by atoms with Crippen molar-refractivity contribution in [2.75, 3.05) is 18.9 Å². The lowest BCUT2D eigenvalue weighted by atomic mass is 9.47. The summed E-state index contributed by atoms with van der Waals surface area (Å²) in [5, 5.41) is 12.9. The van der Waals surface area contributed by atoms with E-state index in [2.05, 4.69) is 66.9 Å². The Morgan fingerprint density at radius 1 is 0.935 bits per heavy atom. The van der Waals surface area contributed by atoms with Crippen molar-refractivity contribution in [3.05, 3.63) is 53.9 Å². The molecule has 336 valence electrons. The molecule has 0 radical (unpaired) electrons. The maximum atomic E-state index is 13.2. The number of aromatic nitrogens is 2. The van der Waals surface area contributed by atoms with Crippen molar-refractivity contribution in [1.82, 2.24) is 25.9 Å². The first-order chi connectivity index (χ1) is 29.8. The van der Waals surface area contributed by atoms with Crippen LogP contribution < -0.4 is 26.0 Å². The van der Waals surface area contributed by atoms with Gasteiger partial charge in [-0.2, -0.15) is 0 Å². The molecule has 0 saturated heterocycles. The third kappa shape index (κ3) is 9.51. The second-order valence-electron chi connectivity index (χ2n) is 20.3. The smallest absolute Gasteiger partial charge is 0.325 e. The first kappa shape index (κ1) is 44.4. The number of nitrogens with zero attached hydrogens (tertiary/aromatic N) is 2. The highest BCUT2D eigenvalue weighted by Crippen LogP contribution is 2.67. The fraction of sp³-hybridized carbons (Fsp3) is 0.660. The Bertz CT molecular complexity index is 2120. The number of urea groups is 1. The monoisotopic (exact) mass is 867 g/mol. The summed E-state index contributed by atoms with van der Waals surface area (Å²) in [6.45, 7) is 12.3. The van der Waals surface area contributed by atoms with Gasteiger partial charge in [-0.15, -0.1) is 0 Å². The van der Waals surface area contributed by atoms with Gasteiger partial charge in [-0.25, -0.2) is 9.78 Å². The molecule has 5 aliphatic rings. The van der Waals surface area contributed by atoms with Crippen LogP contribution in [0.4, 0.5) is 9.93 Å². The Labute approximate surface area is 372 Å². The summed E-state index contributed by atoms with van der Waals surface area (Å²) in [6.07, 6.45) is 21.2. The molecule has 2 heterocycles. The molecule has 8 rings (SSSR count). The zero-order valence-corrected chi connectivity index (χ0v) is 38.7. The first-order valence-corrected chi connectivity index (χ1v) is 24.6. The van der Waals surface area contributed by atoms with Gasteiger partial charge in [-0.05, 0) is 135 Å². The predicted octanol–water partition coefficient (Wildman–Crippen LogP) is 10.8. The highest BCUT2D eigenvalue weighted by Gasteiger charge is 2.59. The van der Waals surface area contributed by atoms with Gasteiger partial charge in [0.1, 0.15) is 29.8 Å². The molecular formula is C50H70N6O5S. The summed E-state index contributed by atoms with van der Waals surface area (Å²) in [4.78, 5) is 47.3. The summed E-state index contributed by atoms with van der Waals surface area (Å²) in [5.74, 6) is 5.27. The van der Waals surface area contributed by atoms with Gasteiger partial charge in [0.2, 0.25) is 0 Å². The molecule has 3 amide bonds. The molecule has 4 saturated carbocycles. The van der Waals surface area contributed by atoms with Crippen LogP contribution in [0.3, 0.4) is 0 Å². The van der Waals surface area contributed by atoms with Crippen molar-refractivity contribution in [1.29, 1.82) is 0 Å². The molecule has 5 aliphatic carbocycles. The number of hydrogen-bond donors (Lipinski definition) is 4. The van der Waals surface area contributed by atoms with Crippen LogP contribution in [0.1, 0.15) is 141 Å². The van der Waals surface area contributed by atoms with Gasteiger partial charge < -0.3 is 30.7 Å². The minimum Gasteiger partial charge on any atom is -0.459 e. The molecular weight excluding hydrogens is 797 g/mol. The molecule has 62 heavy (non-hydrogen) atoms. The van der Waals surface area contributed by atoms with E-state index in [4.69, 9.17) is 14.5 Å². The number of amides is 3. The quantitative estimate of drug-likeness (QED) is 0.0926. The molecule has 2 aromatic heterocycles. The van der Waals surface area contributed by atoms with Crippen LogP contribution >= 0.6 is 11.3 Å². The highest BCUT2D eigenvalue weighted by atomic mass is 32.1. The van der Waals surface area contributed by atoms with E-state index in [1.807, 2.05) is 18.2 Å². The predicted molar refractivity (Wildman–Crippen MR) is 246 cm³/mol. The number of carbonyl (C=O) groups excluding carboxylic acids is 3. The average molecular weight is 867 g/mol. The van der Waals surface area contributed by atoms with E-state index in [1.165, 1.54) is 62.7 Å². The number of carbonyl (C=O) groups is 3. The molecule has 4 N–H and O–H groups in total. The van der Waals surface area contributed by atoms with E-state index in [0.717, 1.165) is 95.8 Å². The summed E-state index contributed by atoms with van der Waals surface area (Å²) in [6, 6.07) is 8.66. The average Bonchev–Trinajstić information content (AvgIpc) is 3.83. The van der Waals surface area contributed by atoms with Crippen LogP contribution in [0, 0.1) is 46.3 Å². The van der Waals surface area contributed by atoms with Crippen LogP contribution in [0.15, 0.2) is 48.2 Å². The summed E-state index contributed by atoms with van der Waals surface area (Å²) in [5.41, 5.74) is 3.36. The standard InChI is InChI=1S/C50H70N6O5S/c1-30(2)10-9-11-31(3)37-17-18-38-36-16-14-32-26-33(20-23-49(32,4)39(36)21-24-50(37,38)5)54-47(59)53-29-45(57)61-43-13-8-7-12-40(43)55-48-56-41-19-15-34(28-44(41)62-48)60-35-22-25-52-42(27-35)46(58)51-6/h14-15,19,22,25,27-28,30-31,33,36-40,43H,7-13,16-18,20-21,23-24,26,29H2,1-6H3,(H,51,58)(H,55,56)(H2,53,54,59)/t31-,33+,36?,37-,38?,39?,40+,43+,49+,50-/m1/s1. The Morgan fingerprint density at radius 3 is 2.58 bits per heavy atom. The van der Waals surface area contributed by atoms with Gasteiger partial charge in [0.25, 0.3) is 5.91 Å².